The third-order valence-corrected chi connectivity index (χ3v) is 7.17. The van der Waals surface area contributed by atoms with E-state index in [9.17, 15) is 8.42 Å². The molecule has 1 aliphatic heterocycles. The van der Waals surface area contributed by atoms with Crippen LogP contribution in [0.3, 0.4) is 0 Å². The molecule has 4 rings (SSSR count). The van der Waals surface area contributed by atoms with Gasteiger partial charge < -0.3 is 4.74 Å². The Hall–Kier alpha value is -1.56. The van der Waals surface area contributed by atoms with Crippen molar-refractivity contribution in [1.82, 2.24) is 0 Å². The average molecular weight is 421 g/mol. The van der Waals surface area contributed by atoms with Gasteiger partial charge in [-0.3, -0.25) is 4.18 Å². The van der Waals surface area contributed by atoms with Crippen LogP contribution in [-0.4, -0.2) is 21.1 Å². The summed E-state index contributed by atoms with van der Waals surface area (Å²) in [7, 11) is -3.80. The molecule has 2 aliphatic rings. The summed E-state index contributed by atoms with van der Waals surface area (Å²) in [5.41, 5.74) is 3.22. The lowest BCUT2D eigenvalue weighted by Crippen LogP contribution is -2.23. The second kappa shape index (κ2) is 8.05. The SMILES string of the molecule is Cc1ccc(S(=O)(=O)OCC2Cc3cc(Cl)cc(C4CCCCC4)c3O2)cc1. The number of benzene rings is 2. The van der Waals surface area contributed by atoms with Gasteiger partial charge in [-0.05, 0) is 61.1 Å². The Balaban J connectivity index is 1.47. The molecule has 2 aromatic rings. The largest absolute Gasteiger partial charge is 0.487 e. The highest BCUT2D eigenvalue weighted by Crippen LogP contribution is 2.44. The van der Waals surface area contributed by atoms with Crippen molar-refractivity contribution in [2.45, 2.75) is 62.4 Å². The normalized spacial score (nSPS) is 20.0. The van der Waals surface area contributed by atoms with Crippen molar-refractivity contribution in [3.05, 3.63) is 58.1 Å². The molecule has 0 N–H and O–H groups in total. The van der Waals surface area contributed by atoms with Crippen molar-refractivity contribution < 1.29 is 17.3 Å². The lowest BCUT2D eigenvalue weighted by molar-refractivity contribution is 0.150. The number of ether oxygens (including phenoxy) is 1. The summed E-state index contributed by atoms with van der Waals surface area (Å²) in [5.74, 6) is 1.36. The first-order valence-corrected chi connectivity index (χ1v) is 11.7. The minimum atomic E-state index is -3.80. The molecular formula is C22H25ClO4S. The summed E-state index contributed by atoms with van der Waals surface area (Å²) in [6.45, 7) is 1.91. The molecule has 0 amide bonds. The second-order valence-corrected chi connectivity index (χ2v) is 9.87. The molecule has 1 atom stereocenters. The summed E-state index contributed by atoms with van der Waals surface area (Å²) in [5, 5.41) is 0.719. The first-order valence-electron chi connectivity index (χ1n) is 9.87. The molecule has 28 heavy (non-hydrogen) atoms. The molecule has 1 aliphatic carbocycles. The molecule has 0 saturated heterocycles. The van der Waals surface area contributed by atoms with E-state index in [0.29, 0.717) is 12.3 Å². The lowest BCUT2D eigenvalue weighted by Gasteiger charge is -2.24. The number of halogens is 1. The molecule has 1 unspecified atom stereocenters. The van der Waals surface area contributed by atoms with Crippen molar-refractivity contribution in [1.29, 1.82) is 0 Å². The van der Waals surface area contributed by atoms with Crippen LogP contribution in [0.15, 0.2) is 41.3 Å². The molecular weight excluding hydrogens is 396 g/mol. The van der Waals surface area contributed by atoms with Crippen LogP contribution in [-0.2, 0) is 20.7 Å². The molecule has 1 saturated carbocycles. The molecule has 1 fully saturated rings. The van der Waals surface area contributed by atoms with Crippen molar-refractivity contribution in [3.63, 3.8) is 0 Å². The van der Waals surface area contributed by atoms with Crippen molar-refractivity contribution in [2.24, 2.45) is 0 Å². The van der Waals surface area contributed by atoms with Gasteiger partial charge in [0.05, 0.1) is 4.90 Å². The number of hydrogen-bond acceptors (Lipinski definition) is 4. The van der Waals surface area contributed by atoms with Gasteiger partial charge in [0.15, 0.2) is 0 Å². The quantitative estimate of drug-likeness (QED) is 0.607. The Kier molecular flexibility index (Phi) is 5.68. The number of aryl methyl sites for hydroxylation is 1. The maximum atomic E-state index is 12.4. The molecule has 2 aromatic carbocycles. The van der Waals surface area contributed by atoms with Crippen LogP contribution in [0.5, 0.6) is 5.75 Å². The van der Waals surface area contributed by atoms with Crippen LogP contribution in [0.25, 0.3) is 0 Å². The zero-order valence-corrected chi connectivity index (χ0v) is 17.6. The number of rotatable bonds is 5. The zero-order chi connectivity index (χ0) is 19.7. The molecule has 0 aromatic heterocycles. The van der Waals surface area contributed by atoms with E-state index in [1.165, 1.54) is 24.8 Å². The van der Waals surface area contributed by atoms with Gasteiger partial charge in [0.25, 0.3) is 10.1 Å². The highest BCUT2D eigenvalue weighted by atomic mass is 35.5. The first kappa shape index (κ1) is 19.7. The highest BCUT2D eigenvalue weighted by molar-refractivity contribution is 7.86. The minimum Gasteiger partial charge on any atom is -0.487 e. The molecule has 1 heterocycles. The zero-order valence-electron chi connectivity index (χ0n) is 16.0. The van der Waals surface area contributed by atoms with Gasteiger partial charge in [0.1, 0.15) is 18.5 Å². The van der Waals surface area contributed by atoms with Gasteiger partial charge in [-0.25, -0.2) is 0 Å². The van der Waals surface area contributed by atoms with Gasteiger partial charge in [0, 0.05) is 11.4 Å². The summed E-state index contributed by atoms with van der Waals surface area (Å²) in [4.78, 5) is 0.166. The minimum absolute atomic E-state index is 0.00733. The Morgan fingerprint density at radius 3 is 2.54 bits per heavy atom. The maximum Gasteiger partial charge on any atom is 0.297 e. The summed E-state index contributed by atoms with van der Waals surface area (Å²) >= 11 is 6.36. The topological polar surface area (TPSA) is 52.6 Å². The van der Waals surface area contributed by atoms with Gasteiger partial charge in [0.2, 0.25) is 0 Å². The van der Waals surface area contributed by atoms with Crippen molar-refractivity contribution >= 4 is 21.7 Å². The van der Waals surface area contributed by atoms with E-state index >= 15 is 0 Å². The molecule has 0 bridgehead atoms. The van der Waals surface area contributed by atoms with Crippen LogP contribution >= 0.6 is 11.6 Å². The predicted molar refractivity (Wildman–Crippen MR) is 110 cm³/mol. The van der Waals surface area contributed by atoms with E-state index in [1.807, 2.05) is 19.1 Å². The fourth-order valence-electron chi connectivity index (χ4n) is 4.17. The van der Waals surface area contributed by atoms with Gasteiger partial charge >= 0.3 is 0 Å². The van der Waals surface area contributed by atoms with E-state index in [-0.39, 0.29) is 17.6 Å². The van der Waals surface area contributed by atoms with Gasteiger partial charge in [-0.15, -0.1) is 0 Å². The van der Waals surface area contributed by atoms with Crippen LogP contribution in [0, 0.1) is 6.92 Å². The summed E-state index contributed by atoms with van der Waals surface area (Å²) < 4.78 is 36.3. The molecule has 150 valence electrons. The highest BCUT2D eigenvalue weighted by Gasteiger charge is 2.31. The number of hydrogen-bond donors (Lipinski definition) is 0. The summed E-state index contributed by atoms with van der Waals surface area (Å²) in [6, 6.07) is 10.6. The van der Waals surface area contributed by atoms with Gasteiger partial charge in [-0.2, -0.15) is 8.42 Å². The first-order chi connectivity index (χ1) is 13.4. The van der Waals surface area contributed by atoms with E-state index in [2.05, 4.69) is 0 Å². The van der Waals surface area contributed by atoms with E-state index in [1.54, 1.807) is 24.3 Å². The number of fused-ring (bicyclic) bond motifs is 1. The molecule has 0 radical (unpaired) electrons. The monoisotopic (exact) mass is 420 g/mol. The third kappa shape index (κ3) is 4.22. The fourth-order valence-corrected chi connectivity index (χ4v) is 5.36. The lowest BCUT2D eigenvalue weighted by atomic mass is 9.83. The van der Waals surface area contributed by atoms with Crippen LogP contribution in [0.1, 0.15) is 54.7 Å². The average Bonchev–Trinajstić information content (AvgIpc) is 3.10. The Bertz CT molecular complexity index is 947. The van der Waals surface area contributed by atoms with Gasteiger partial charge in [-0.1, -0.05) is 48.6 Å². The standard InChI is InChI=1S/C22H25ClO4S/c1-15-7-9-20(10-8-15)28(24,25)26-14-19-12-17-11-18(23)13-21(22(17)27-19)16-5-3-2-4-6-16/h7-11,13,16,19H,2-6,12,14H2,1H3. The Morgan fingerprint density at radius 1 is 1.11 bits per heavy atom. The van der Waals surface area contributed by atoms with E-state index in [4.69, 9.17) is 20.5 Å². The Labute approximate surface area is 171 Å². The fraction of sp³-hybridized carbons (Fsp3) is 0.455. The smallest absolute Gasteiger partial charge is 0.297 e. The summed E-state index contributed by atoms with van der Waals surface area (Å²) in [6.07, 6.45) is 6.33. The predicted octanol–water partition coefficient (Wildman–Crippen LogP) is 5.41. The van der Waals surface area contributed by atoms with Crippen LogP contribution in [0.4, 0.5) is 0 Å². The van der Waals surface area contributed by atoms with Crippen molar-refractivity contribution in [3.8, 4) is 5.75 Å². The van der Waals surface area contributed by atoms with Crippen LogP contribution in [0.2, 0.25) is 5.02 Å². The molecule has 0 spiro atoms. The van der Waals surface area contributed by atoms with Crippen molar-refractivity contribution in [2.75, 3.05) is 6.61 Å². The van der Waals surface area contributed by atoms with E-state index < -0.39 is 10.1 Å². The Morgan fingerprint density at radius 2 is 1.82 bits per heavy atom. The second-order valence-electron chi connectivity index (χ2n) is 7.81. The maximum absolute atomic E-state index is 12.4. The van der Waals surface area contributed by atoms with E-state index in [0.717, 1.165) is 34.7 Å². The molecule has 4 nitrogen and oxygen atoms in total. The molecule has 6 heteroatoms. The third-order valence-electron chi connectivity index (χ3n) is 5.66. The van der Waals surface area contributed by atoms with Crippen LogP contribution < -0.4 is 4.74 Å².